The maximum atomic E-state index is 8.91. The number of ether oxygens (including phenoxy) is 2. The summed E-state index contributed by atoms with van der Waals surface area (Å²) in [6, 6.07) is 32.3. The second kappa shape index (κ2) is 19.6. The molecule has 42 heavy (non-hydrogen) atoms. The maximum absolute atomic E-state index is 8.91. The van der Waals surface area contributed by atoms with E-state index in [-0.39, 0.29) is 12.2 Å². The van der Waals surface area contributed by atoms with Crippen molar-refractivity contribution in [3.8, 4) is 0 Å². The van der Waals surface area contributed by atoms with Gasteiger partial charge in [0, 0.05) is 25.7 Å². The number of hydrogen-bond acceptors (Lipinski definition) is 4. The third-order valence-corrected chi connectivity index (χ3v) is 8.61. The van der Waals surface area contributed by atoms with Crippen LogP contribution >= 0.6 is 0 Å². The van der Waals surface area contributed by atoms with Gasteiger partial charge in [0.1, 0.15) is 6.10 Å². The van der Waals surface area contributed by atoms with Gasteiger partial charge in [-0.25, -0.2) is 0 Å². The molecular formula is C38H53NO3. The summed E-state index contributed by atoms with van der Waals surface area (Å²) in [5.41, 5.74) is 3.78. The van der Waals surface area contributed by atoms with E-state index in [2.05, 4.69) is 95.9 Å². The van der Waals surface area contributed by atoms with E-state index in [1.165, 1.54) is 80.9 Å². The van der Waals surface area contributed by atoms with Crippen LogP contribution in [0.4, 0.5) is 0 Å². The van der Waals surface area contributed by atoms with Crippen LogP contribution in [-0.4, -0.2) is 41.4 Å². The molecule has 3 atom stereocenters. The first kappa shape index (κ1) is 32.4. The molecular weight excluding hydrogens is 518 g/mol. The largest absolute Gasteiger partial charge is 0.396 e. The molecule has 1 N–H and O–H groups in total. The van der Waals surface area contributed by atoms with Crippen LogP contribution in [0.25, 0.3) is 0 Å². The van der Waals surface area contributed by atoms with Crippen LogP contribution in [0.5, 0.6) is 0 Å². The van der Waals surface area contributed by atoms with Crippen LogP contribution in [0, 0.1) is 0 Å². The third-order valence-electron chi connectivity index (χ3n) is 8.61. The Morgan fingerprint density at radius 3 is 1.52 bits per heavy atom. The Balaban J connectivity index is 1.32. The molecule has 4 rings (SSSR count). The highest BCUT2D eigenvalue weighted by Gasteiger charge is 2.42. The van der Waals surface area contributed by atoms with Crippen molar-refractivity contribution in [1.82, 2.24) is 4.90 Å². The molecule has 1 aliphatic rings. The number of benzene rings is 3. The first-order valence-electron chi connectivity index (χ1n) is 16.5. The SMILES string of the molecule is OCCCCCCCCCCCCCC1[C@@H](OCc2ccccc2)[C@H](OCc2ccccc2)CN1Cc1ccccc1. The molecule has 228 valence electrons. The summed E-state index contributed by atoms with van der Waals surface area (Å²) in [4.78, 5) is 2.62. The highest BCUT2D eigenvalue weighted by molar-refractivity contribution is 5.17. The van der Waals surface area contributed by atoms with E-state index < -0.39 is 0 Å². The van der Waals surface area contributed by atoms with Gasteiger partial charge in [-0.2, -0.15) is 0 Å². The zero-order valence-electron chi connectivity index (χ0n) is 25.6. The van der Waals surface area contributed by atoms with Crippen LogP contribution < -0.4 is 0 Å². The predicted octanol–water partition coefficient (Wildman–Crippen LogP) is 8.72. The second-order valence-electron chi connectivity index (χ2n) is 12.0. The number of hydrogen-bond donors (Lipinski definition) is 1. The topological polar surface area (TPSA) is 41.9 Å². The van der Waals surface area contributed by atoms with E-state index >= 15 is 0 Å². The molecule has 0 aliphatic carbocycles. The number of aliphatic hydroxyl groups is 1. The first-order valence-corrected chi connectivity index (χ1v) is 16.5. The number of likely N-dealkylation sites (tertiary alicyclic amines) is 1. The van der Waals surface area contributed by atoms with Crippen LogP contribution in [-0.2, 0) is 29.2 Å². The molecule has 1 saturated heterocycles. The number of aliphatic hydroxyl groups excluding tert-OH is 1. The number of rotatable bonds is 21. The molecule has 3 aromatic rings. The average molecular weight is 572 g/mol. The van der Waals surface area contributed by atoms with Crippen LogP contribution in [0.3, 0.4) is 0 Å². The zero-order chi connectivity index (χ0) is 29.1. The summed E-state index contributed by atoms with van der Waals surface area (Å²) >= 11 is 0. The summed E-state index contributed by atoms with van der Waals surface area (Å²) in [5, 5.41) is 8.91. The van der Waals surface area contributed by atoms with Gasteiger partial charge in [-0.15, -0.1) is 0 Å². The Morgan fingerprint density at radius 1 is 0.548 bits per heavy atom. The first-order chi connectivity index (χ1) is 20.8. The van der Waals surface area contributed by atoms with E-state index in [1.54, 1.807) is 0 Å². The van der Waals surface area contributed by atoms with Gasteiger partial charge >= 0.3 is 0 Å². The van der Waals surface area contributed by atoms with Crippen LogP contribution in [0.2, 0.25) is 0 Å². The fraction of sp³-hybridized carbons (Fsp3) is 0.526. The van der Waals surface area contributed by atoms with Crippen LogP contribution in [0.15, 0.2) is 91.0 Å². The van der Waals surface area contributed by atoms with E-state index in [4.69, 9.17) is 14.6 Å². The fourth-order valence-electron chi connectivity index (χ4n) is 6.24. The Labute approximate surface area is 255 Å². The molecule has 0 aromatic heterocycles. The Hall–Kier alpha value is -2.50. The van der Waals surface area contributed by atoms with Gasteiger partial charge in [-0.3, -0.25) is 4.90 Å². The summed E-state index contributed by atoms with van der Waals surface area (Å²) < 4.78 is 13.4. The van der Waals surface area contributed by atoms with Gasteiger partial charge in [0.15, 0.2) is 0 Å². The van der Waals surface area contributed by atoms with Gasteiger partial charge in [0.25, 0.3) is 0 Å². The van der Waals surface area contributed by atoms with Crippen molar-refractivity contribution < 1.29 is 14.6 Å². The molecule has 0 saturated carbocycles. The molecule has 1 aliphatic heterocycles. The van der Waals surface area contributed by atoms with Crippen molar-refractivity contribution >= 4 is 0 Å². The third kappa shape index (κ3) is 11.6. The summed E-state index contributed by atoms with van der Waals surface area (Å²) in [6.07, 6.45) is 15.2. The van der Waals surface area contributed by atoms with Crippen molar-refractivity contribution in [1.29, 1.82) is 0 Å². The highest BCUT2D eigenvalue weighted by atomic mass is 16.5. The molecule has 0 bridgehead atoms. The molecule has 0 spiro atoms. The summed E-state index contributed by atoms with van der Waals surface area (Å²) in [5.74, 6) is 0. The van der Waals surface area contributed by atoms with Crippen molar-refractivity contribution in [2.75, 3.05) is 13.2 Å². The van der Waals surface area contributed by atoms with Crippen molar-refractivity contribution in [2.45, 2.75) is 115 Å². The molecule has 1 fully saturated rings. The molecule has 0 radical (unpaired) electrons. The van der Waals surface area contributed by atoms with E-state index in [0.717, 1.165) is 25.9 Å². The van der Waals surface area contributed by atoms with Gasteiger partial charge in [0.05, 0.1) is 19.3 Å². The summed E-state index contributed by atoms with van der Waals surface area (Å²) in [7, 11) is 0. The quantitative estimate of drug-likeness (QED) is 0.130. The molecule has 0 amide bonds. The van der Waals surface area contributed by atoms with Crippen LogP contribution in [0.1, 0.15) is 93.7 Å². The minimum atomic E-state index is 0.0417. The normalized spacial score (nSPS) is 18.9. The number of unbranched alkanes of at least 4 members (excludes halogenated alkanes) is 10. The average Bonchev–Trinajstić information content (AvgIpc) is 3.36. The predicted molar refractivity (Wildman–Crippen MR) is 173 cm³/mol. The standard InChI is InChI=1S/C38H53NO3/c40-28-20-9-7-5-3-1-2-4-6-8-19-27-36-38(42-32-35-25-17-12-18-26-35)37(41-31-34-23-15-11-16-24-34)30-39(36)29-33-21-13-10-14-22-33/h10-18,21-26,36-38,40H,1-9,19-20,27-32H2/t36?,37-,38-/m1/s1. The second-order valence-corrected chi connectivity index (χ2v) is 12.0. The maximum Gasteiger partial charge on any atom is 0.101 e. The summed E-state index contributed by atoms with van der Waals surface area (Å²) in [6.45, 7) is 3.40. The lowest BCUT2D eigenvalue weighted by Crippen LogP contribution is -2.38. The van der Waals surface area contributed by atoms with Gasteiger partial charge in [0.2, 0.25) is 0 Å². The molecule has 1 unspecified atom stereocenters. The van der Waals surface area contributed by atoms with E-state index in [0.29, 0.717) is 25.9 Å². The van der Waals surface area contributed by atoms with Gasteiger partial charge in [-0.1, -0.05) is 155 Å². The Bertz CT molecular complexity index is 1060. The molecule has 1 heterocycles. The lowest BCUT2D eigenvalue weighted by molar-refractivity contribution is -0.0720. The van der Waals surface area contributed by atoms with E-state index in [1.807, 2.05) is 0 Å². The minimum Gasteiger partial charge on any atom is -0.396 e. The van der Waals surface area contributed by atoms with Crippen molar-refractivity contribution in [2.24, 2.45) is 0 Å². The number of nitrogens with zero attached hydrogens (tertiary/aromatic N) is 1. The van der Waals surface area contributed by atoms with Crippen molar-refractivity contribution in [3.63, 3.8) is 0 Å². The van der Waals surface area contributed by atoms with Crippen molar-refractivity contribution in [3.05, 3.63) is 108 Å². The Morgan fingerprint density at radius 2 is 1.00 bits per heavy atom. The molecule has 4 heteroatoms. The zero-order valence-corrected chi connectivity index (χ0v) is 25.6. The smallest absolute Gasteiger partial charge is 0.101 e. The highest BCUT2D eigenvalue weighted by Crippen LogP contribution is 2.31. The fourth-order valence-corrected chi connectivity index (χ4v) is 6.24. The molecule has 3 aromatic carbocycles. The lowest BCUT2D eigenvalue weighted by atomic mass is 10.0. The minimum absolute atomic E-state index is 0.0417. The Kier molecular flexibility index (Phi) is 15.2. The monoisotopic (exact) mass is 571 g/mol. The molecule has 4 nitrogen and oxygen atoms in total. The van der Waals surface area contributed by atoms with E-state index in [9.17, 15) is 0 Å². The van der Waals surface area contributed by atoms with Gasteiger partial charge < -0.3 is 14.6 Å². The van der Waals surface area contributed by atoms with Gasteiger partial charge in [-0.05, 0) is 29.5 Å². The lowest BCUT2D eigenvalue weighted by Gasteiger charge is -2.29.